The number of anilines is 1. The van der Waals surface area contributed by atoms with Gasteiger partial charge in [0.1, 0.15) is 11.6 Å². The number of hydrogen-bond acceptors (Lipinski definition) is 6. The molecule has 0 spiro atoms. The third kappa shape index (κ3) is 4.38. The third-order valence-corrected chi connectivity index (χ3v) is 6.14. The van der Waals surface area contributed by atoms with Crippen molar-refractivity contribution in [1.29, 1.82) is 0 Å². The zero-order valence-electron chi connectivity index (χ0n) is 16.0. The van der Waals surface area contributed by atoms with Gasteiger partial charge in [-0.2, -0.15) is 0 Å². The summed E-state index contributed by atoms with van der Waals surface area (Å²) in [6.07, 6.45) is -0.792. The van der Waals surface area contributed by atoms with Crippen LogP contribution in [0.15, 0.2) is 52.5 Å². The van der Waals surface area contributed by atoms with E-state index in [0.29, 0.717) is 17.0 Å². The van der Waals surface area contributed by atoms with Crippen LogP contribution in [0.5, 0.6) is 5.75 Å². The van der Waals surface area contributed by atoms with E-state index >= 15 is 0 Å². The van der Waals surface area contributed by atoms with Crippen molar-refractivity contribution in [1.82, 2.24) is 4.31 Å². The van der Waals surface area contributed by atoms with E-state index in [1.54, 1.807) is 12.1 Å². The first-order chi connectivity index (χ1) is 13.7. The summed E-state index contributed by atoms with van der Waals surface area (Å²) in [5.74, 6) is -0.653. The highest BCUT2D eigenvalue weighted by molar-refractivity contribution is 7.89. The van der Waals surface area contributed by atoms with Gasteiger partial charge in [-0.1, -0.05) is 17.3 Å². The van der Waals surface area contributed by atoms with Crippen molar-refractivity contribution in [3.63, 3.8) is 0 Å². The number of hydrogen-bond donors (Lipinski definition) is 1. The molecule has 8 nitrogen and oxygen atoms in total. The molecule has 1 aliphatic heterocycles. The van der Waals surface area contributed by atoms with E-state index < -0.39 is 27.9 Å². The summed E-state index contributed by atoms with van der Waals surface area (Å²) in [7, 11) is 0.538. The Morgan fingerprint density at radius 3 is 2.69 bits per heavy atom. The van der Waals surface area contributed by atoms with E-state index in [2.05, 4.69) is 10.5 Å². The first-order valence-corrected chi connectivity index (χ1v) is 10.1. The average Bonchev–Trinajstić information content (AvgIpc) is 3.18. The second-order valence-corrected chi connectivity index (χ2v) is 8.64. The fourth-order valence-electron chi connectivity index (χ4n) is 2.73. The lowest BCUT2D eigenvalue weighted by atomic mass is 10.0. The molecule has 0 radical (unpaired) electrons. The van der Waals surface area contributed by atoms with Crippen LogP contribution in [0.2, 0.25) is 0 Å². The van der Waals surface area contributed by atoms with E-state index in [4.69, 9.17) is 9.57 Å². The molecule has 0 saturated heterocycles. The molecule has 1 aliphatic rings. The van der Waals surface area contributed by atoms with Gasteiger partial charge in [0.15, 0.2) is 0 Å². The maximum atomic E-state index is 13.4. The molecule has 29 heavy (non-hydrogen) atoms. The van der Waals surface area contributed by atoms with Gasteiger partial charge >= 0.3 is 0 Å². The number of carbonyl (C=O) groups is 1. The number of amides is 1. The maximum Gasteiger partial charge on any atom is 0.268 e. The number of methoxy groups -OCH3 is 1. The van der Waals surface area contributed by atoms with Gasteiger partial charge in [0.05, 0.1) is 23.4 Å². The molecule has 1 amide bonds. The van der Waals surface area contributed by atoms with E-state index in [1.165, 1.54) is 51.5 Å². The Bertz CT molecular complexity index is 1070. The molecule has 2 aromatic carbocycles. The van der Waals surface area contributed by atoms with Crippen LogP contribution in [0, 0.1) is 5.82 Å². The molecule has 154 valence electrons. The van der Waals surface area contributed by atoms with Crippen LogP contribution >= 0.6 is 0 Å². The first-order valence-electron chi connectivity index (χ1n) is 8.62. The zero-order valence-corrected chi connectivity index (χ0v) is 16.9. The monoisotopic (exact) mass is 421 g/mol. The lowest BCUT2D eigenvalue weighted by Gasteiger charge is -2.16. The van der Waals surface area contributed by atoms with Gasteiger partial charge in [-0.25, -0.2) is 17.1 Å². The maximum absolute atomic E-state index is 13.4. The predicted octanol–water partition coefficient (Wildman–Crippen LogP) is 2.22. The fraction of sp³-hybridized carbons (Fsp3) is 0.263. The number of benzene rings is 2. The highest BCUT2D eigenvalue weighted by Gasteiger charge is 2.30. The topological polar surface area (TPSA) is 97.3 Å². The molecule has 10 heteroatoms. The van der Waals surface area contributed by atoms with Crippen LogP contribution in [0.4, 0.5) is 10.1 Å². The first kappa shape index (κ1) is 20.7. The Labute approximate surface area is 168 Å². The van der Waals surface area contributed by atoms with Crippen LogP contribution < -0.4 is 10.1 Å². The lowest BCUT2D eigenvalue weighted by Crippen LogP contribution is -2.28. The van der Waals surface area contributed by atoms with Crippen molar-refractivity contribution >= 4 is 27.3 Å². The largest absolute Gasteiger partial charge is 0.495 e. The molecule has 3 rings (SSSR count). The van der Waals surface area contributed by atoms with Crippen LogP contribution in [0.3, 0.4) is 0 Å². The Balaban J connectivity index is 1.77. The number of nitrogens with zero attached hydrogens (tertiary/aromatic N) is 2. The zero-order chi connectivity index (χ0) is 21.2. The second-order valence-electron chi connectivity index (χ2n) is 6.49. The van der Waals surface area contributed by atoms with Gasteiger partial charge < -0.3 is 14.9 Å². The molecule has 2 aromatic rings. The SMILES string of the molecule is COc1ccc(S(=O)(=O)N(C)C)cc1NC(=O)[C@@H]1CC(c2cccc(F)c2)=NO1. The standard InChI is InChI=1S/C19H20FN3O5S/c1-23(2)29(25,26)14-7-8-17(27-3)16(10-14)21-19(24)18-11-15(22-28-18)12-5-4-6-13(20)9-12/h4-10,18H,11H2,1-3H3,(H,21,24)/t18-/m0/s1. The summed E-state index contributed by atoms with van der Waals surface area (Å²) in [6, 6.07) is 9.99. The summed E-state index contributed by atoms with van der Waals surface area (Å²) in [5, 5.41) is 6.49. The molecule has 0 bridgehead atoms. The molecular formula is C19H20FN3O5S. The molecular weight excluding hydrogens is 401 g/mol. The predicted molar refractivity (Wildman–Crippen MR) is 105 cm³/mol. The molecule has 1 heterocycles. The van der Waals surface area contributed by atoms with E-state index in [9.17, 15) is 17.6 Å². The van der Waals surface area contributed by atoms with Gasteiger partial charge in [-0.3, -0.25) is 4.79 Å². The molecule has 0 aliphatic carbocycles. The minimum absolute atomic E-state index is 0.00244. The van der Waals surface area contributed by atoms with Gasteiger partial charge in [0.25, 0.3) is 5.91 Å². The lowest BCUT2D eigenvalue weighted by molar-refractivity contribution is -0.125. The Morgan fingerprint density at radius 1 is 1.28 bits per heavy atom. The second kappa shape index (κ2) is 8.18. The van der Waals surface area contributed by atoms with Gasteiger partial charge in [-0.15, -0.1) is 0 Å². The minimum atomic E-state index is -3.69. The van der Waals surface area contributed by atoms with Crippen molar-refractivity contribution in [3.05, 3.63) is 53.8 Å². The van der Waals surface area contributed by atoms with Gasteiger partial charge in [0.2, 0.25) is 16.1 Å². The Kier molecular flexibility index (Phi) is 5.85. The van der Waals surface area contributed by atoms with Crippen molar-refractivity contribution in [2.24, 2.45) is 5.16 Å². The Hall–Kier alpha value is -2.98. The smallest absolute Gasteiger partial charge is 0.268 e. The number of sulfonamides is 1. The molecule has 1 N–H and O–H groups in total. The number of oxime groups is 1. The van der Waals surface area contributed by atoms with Crippen molar-refractivity contribution < 1.29 is 27.2 Å². The van der Waals surface area contributed by atoms with Crippen LogP contribution in [-0.2, 0) is 19.7 Å². The molecule has 1 atom stereocenters. The number of halogens is 1. The summed E-state index contributed by atoms with van der Waals surface area (Å²) in [5.41, 5.74) is 1.15. The van der Waals surface area contributed by atoms with Gasteiger partial charge in [-0.05, 0) is 30.3 Å². The van der Waals surface area contributed by atoms with Crippen LogP contribution in [0.1, 0.15) is 12.0 Å². The van der Waals surface area contributed by atoms with Crippen molar-refractivity contribution in [2.75, 3.05) is 26.5 Å². The van der Waals surface area contributed by atoms with E-state index in [0.717, 1.165) is 4.31 Å². The highest BCUT2D eigenvalue weighted by Crippen LogP contribution is 2.29. The number of nitrogens with one attached hydrogen (secondary N) is 1. The number of rotatable bonds is 6. The molecule has 0 unspecified atom stereocenters. The van der Waals surface area contributed by atoms with Crippen LogP contribution in [0.25, 0.3) is 0 Å². The average molecular weight is 421 g/mol. The summed E-state index contributed by atoms with van der Waals surface area (Å²) >= 11 is 0. The summed E-state index contributed by atoms with van der Waals surface area (Å²) in [6.45, 7) is 0. The van der Waals surface area contributed by atoms with Gasteiger partial charge in [0, 0.05) is 26.1 Å². The summed E-state index contributed by atoms with van der Waals surface area (Å²) in [4.78, 5) is 17.8. The highest BCUT2D eigenvalue weighted by atomic mass is 32.2. The van der Waals surface area contributed by atoms with Crippen molar-refractivity contribution in [2.45, 2.75) is 17.4 Å². The number of carbonyl (C=O) groups excluding carboxylic acids is 1. The fourth-order valence-corrected chi connectivity index (χ4v) is 3.65. The molecule has 0 aromatic heterocycles. The normalized spacial score (nSPS) is 16.3. The van der Waals surface area contributed by atoms with Crippen molar-refractivity contribution in [3.8, 4) is 5.75 Å². The van der Waals surface area contributed by atoms with Crippen LogP contribution in [-0.4, -0.2) is 51.7 Å². The summed E-state index contributed by atoms with van der Waals surface area (Å²) < 4.78 is 44.4. The third-order valence-electron chi connectivity index (χ3n) is 4.33. The van der Waals surface area contributed by atoms with E-state index in [1.807, 2.05) is 0 Å². The number of ether oxygens (including phenoxy) is 1. The molecule has 0 saturated carbocycles. The molecule has 0 fully saturated rings. The van der Waals surface area contributed by atoms with E-state index in [-0.39, 0.29) is 17.0 Å². The quantitative estimate of drug-likeness (QED) is 0.771. The Morgan fingerprint density at radius 2 is 2.03 bits per heavy atom. The minimum Gasteiger partial charge on any atom is -0.495 e.